The van der Waals surface area contributed by atoms with E-state index in [4.69, 9.17) is 15.6 Å². The second kappa shape index (κ2) is 27.7. The zero-order valence-corrected chi connectivity index (χ0v) is 17.1. The maximum Gasteiger partial charge on any atom is 0.302 e. The van der Waals surface area contributed by atoms with E-state index < -0.39 is 5.97 Å². The van der Waals surface area contributed by atoms with Crippen LogP contribution in [-0.2, 0) is 14.3 Å². The van der Waals surface area contributed by atoms with Gasteiger partial charge in [0.25, 0.3) is 5.97 Å². The molecular formula is C20H43NO4. The number of ether oxygens (including phenoxy) is 1. The summed E-state index contributed by atoms with van der Waals surface area (Å²) in [4.78, 5) is 19.1. The first-order valence-electron chi connectivity index (χ1n) is 9.95. The second-order valence-electron chi connectivity index (χ2n) is 6.18. The van der Waals surface area contributed by atoms with Crippen LogP contribution in [0.1, 0.15) is 105 Å². The van der Waals surface area contributed by atoms with Gasteiger partial charge in [0.05, 0.1) is 6.61 Å². The van der Waals surface area contributed by atoms with Crippen molar-refractivity contribution in [1.82, 2.24) is 0 Å². The minimum Gasteiger partial charge on any atom is -0.481 e. The lowest BCUT2D eigenvalue weighted by atomic mass is 10.1. The third-order valence-corrected chi connectivity index (χ3v) is 3.36. The van der Waals surface area contributed by atoms with Crippen LogP contribution >= 0.6 is 0 Å². The van der Waals surface area contributed by atoms with Crippen molar-refractivity contribution in [3.63, 3.8) is 0 Å². The largest absolute Gasteiger partial charge is 0.481 e. The first-order valence-corrected chi connectivity index (χ1v) is 9.95. The summed E-state index contributed by atoms with van der Waals surface area (Å²) < 4.78 is 4.64. The SMILES string of the molecule is CC(=O)O.CCCCCCCCCCCCN.CCCCOC(C)=O. The molecule has 0 aliphatic rings. The number of unbranched alkanes of at least 4 members (excludes halogenated alkanes) is 10. The van der Waals surface area contributed by atoms with Gasteiger partial charge in [0.2, 0.25) is 0 Å². The van der Waals surface area contributed by atoms with Gasteiger partial charge in [0.1, 0.15) is 0 Å². The molecule has 0 heterocycles. The van der Waals surface area contributed by atoms with E-state index in [2.05, 4.69) is 18.6 Å². The molecule has 0 amide bonds. The van der Waals surface area contributed by atoms with Crippen LogP contribution in [0.25, 0.3) is 0 Å². The van der Waals surface area contributed by atoms with Gasteiger partial charge in [-0.05, 0) is 19.4 Å². The Kier molecular flexibility index (Phi) is 31.8. The fourth-order valence-corrected chi connectivity index (χ4v) is 1.99. The lowest BCUT2D eigenvalue weighted by Crippen LogP contribution is -1.99. The Balaban J connectivity index is -0.000000342. The van der Waals surface area contributed by atoms with Crippen molar-refractivity contribution in [2.45, 2.75) is 105 Å². The molecule has 0 aromatic carbocycles. The van der Waals surface area contributed by atoms with Crippen LogP contribution < -0.4 is 5.73 Å². The molecule has 0 fully saturated rings. The second-order valence-corrected chi connectivity index (χ2v) is 6.18. The number of hydrogen-bond donors (Lipinski definition) is 2. The highest BCUT2D eigenvalue weighted by Crippen LogP contribution is 2.09. The van der Waals surface area contributed by atoms with E-state index in [9.17, 15) is 4.79 Å². The standard InChI is InChI=1S/C12H27N.C6H12O2.C2H4O2/c1-2-3-4-5-6-7-8-9-10-11-12-13;1-3-4-5-8-6(2)7;1-2(3)4/h2-13H2,1H3;3-5H2,1-2H3;1H3,(H,3,4). The number of hydrogen-bond acceptors (Lipinski definition) is 4. The van der Waals surface area contributed by atoms with Crippen molar-refractivity contribution in [3.05, 3.63) is 0 Å². The maximum atomic E-state index is 10.1. The predicted molar refractivity (Wildman–Crippen MR) is 106 cm³/mol. The molecule has 0 aromatic heterocycles. The Labute approximate surface area is 155 Å². The highest BCUT2D eigenvalue weighted by molar-refractivity contribution is 5.65. The van der Waals surface area contributed by atoms with Crippen molar-refractivity contribution >= 4 is 11.9 Å². The number of carboxylic acids is 1. The monoisotopic (exact) mass is 361 g/mol. The number of rotatable bonds is 13. The number of carbonyl (C=O) groups excluding carboxylic acids is 1. The van der Waals surface area contributed by atoms with Crippen molar-refractivity contribution in [2.75, 3.05) is 13.2 Å². The van der Waals surface area contributed by atoms with Crippen LogP contribution in [0.15, 0.2) is 0 Å². The zero-order chi connectivity index (χ0) is 19.8. The topological polar surface area (TPSA) is 89.6 Å². The molecule has 0 rings (SSSR count). The molecule has 0 radical (unpaired) electrons. The van der Waals surface area contributed by atoms with Crippen molar-refractivity contribution < 1.29 is 19.4 Å². The van der Waals surface area contributed by atoms with Gasteiger partial charge in [-0.1, -0.05) is 78.1 Å². The van der Waals surface area contributed by atoms with Crippen molar-refractivity contribution in [3.8, 4) is 0 Å². The third kappa shape index (κ3) is 51.8. The quantitative estimate of drug-likeness (QED) is 0.343. The lowest BCUT2D eigenvalue weighted by Gasteiger charge is -2.00. The molecule has 0 spiro atoms. The minimum absolute atomic E-state index is 0.182. The van der Waals surface area contributed by atoms with Crippen LogP contribution in [0.3, 0.4) is 0 Å². The Morgan fingerprint density at radius 1 is 0.760 bits per heavy atom. The van der Waals surface area contributed by atoms with Crippen molar-refractivity contribution in [1.29, 1.82) is 0 Å². The molecule has 0 bridgehead atoms. The highest BCUT2D eigenvalue weighted by atomic mass is 16.5. The number of esters is 1. The summed E-state index contributed by atoms with van der Waals surface area (Å²) in [7, 11) is 0. The maximum absolute atomic E-state index is 10.1. The van der Waals surface area contributed by atoms with E-state index in [1.807, 2.05) is 0 Å². The fraction of sp³-hybridized carbons (Fsp3) is 0.900. The summed E-state index contributed by atoms with van der Waals surface area (Å²) in [6.45, 7) is 8.29. The van der Waals surface area contributed by atoms with Crippen LogP contribution in [0.4, 0.5) is 0 Å². The molecule has 0 aliphatic heterocycles. The summed E-state index contributed by atoms with van der Waals surface area (Å²) in [5, 5.41) is 7.42. The minimum atomic E-state index is -0.833. The molecule has 3 N–H and O–H groups in total. The van der Waals surface area contributed by atoms with Crippen LogP contribution in [0, 0.1) is 0 Å². The van der Waals surface area contributed by atoms with Crippen LogP contribution in [-0.4, -0.2) is 30.2 Å². The van der Waals surface area contributed by atoms with E-state index in [0.717, 1.165) is 26.3 Å². The normalized spacial score (nSPS) is 9.32. The smallest absolute Gasteiger partial charge is 0.302 e. The molecule has 0 atom stereocenters. The summed E-state index contributed by atoms with van der Waals surface area (Å²) in [5.74, 6) is -1.02. The Bertz CT molecular complexity index is 256. The van der Waals surface area contributed by atoms with E-state index in [1.165, 1.54) is 71.1 Å². The molecule has 152 valence electrons. The van der Waals surface area contributed by atoms with E-state index in [1.54, 1.807) is 0 Å². The third-order valence-electron chi connectivity index (χ3n) is 3.36. The molecule has 25 heavy (non-hydrogen) atoms. The van der Waals surface area contributed by atoms with E-state index in [0.29, 0.717) is 6.61 Å². The zero-order valence-electron chi connectivity index (χ0n) is 17.1. The molecule has 5 nitrogen and oxygen atoms in total. The van der Waals surface area contributed by atoms with E-state index in [-0.39, 0.29) is 5.97 Å². The molecule has 0 unspecified atom stereocenters. The summed E-state index contributed by atoms with van der Waals surface area (Å²) in [6.07, 6.45) is 16.0. The predicted octanol–water partition coefficient (Wildman–Crippen LogP) is 5.31. The number of carbonyl (C=O) groups is 2. The number of carboxylic acid groups (broad SMARTS) is 1. The first kappa shape index (κ1) is 28.7. The van der Waals surface area contributed by atoms with Gasteiger partial charge in [-0.15, -0.1) is 0 Å². The van der Waals surface area contributed by atoms with E-state index >= 15 is 0 Å². The molecule has 0 aromatic rings. The van der Waals surface area contributed by atoms with Gasteiger partial charge in [0.15, 0.2) is 0 Å². The highest BCUT2D eigenvalue weighted by Gasteiger charge is 1.91. The molecule has 0 aliphatic carbocycles. The van der Waals surface area contributed by atoms with Gasteiger partial charge >= 0.3 is 5.97 Å². The number of aliphatic carboxylic acids is 1. The average Bonchev–Trinajstić information content (AvgIpc) is 2.53. The Morgan fingerprint density at radius 2 is 1.12 bits per heavy atom. The van der Waals surface area contributed by atoms with Gasteiger partial charge < -0.3 is 15.6 Å². The Morgan fingerprint density at radius 3 is 1.44 bits per heavy atom. The van der Waals surface area contributed by atoms with Gasteiger partial charge in [-0.3, -0.25) is 9.59 Å². The van der Waals surface area contributed by atoms with Gasteiger partial charge in [-0.2, -0.15) is 0 Å². The lowest BCUT2D eigenvalue weighted by molar-refractivity contribution is -0.141. The van der Waals surface area contributed by atoms with Gasteiger partial charge in [0, 0.05) is 13.8 Å². The average molecular weight is 362 g/mol. The molecule has 0 saturated carbocycles. The molecule has 0 saturated heterocycles. The fourth-order valence-electron chi connectivity index (χ4n) is 1.99. The summed E-state index contributed by atoms with van der Waals surface area (Å²) in [5.41, 5.74) is 5.42. The summed E-state index contributed by atoms with van der Waals surface area (Å²) in [6, 6.07) is 0. The molecular weight excluding hydrogens is 318 g/mol. The van der Waals surface area contributed by atoms with Crippen molar-refractivity contribution in [2.24, 2.45) is 5.73 Å². The van der Waals surface area contributed by atoms with Crippen LogP contribution in [0.2, 0.25) is 0 Å². The Hall–Kier alpha value is -1.10. The van der Waals surface area contributed by atoms with Gasteiger partial charge in [-0.25, -0.2) is 0 Å². The van der Waals surface area contributed by atoms with Crippen LogP contribution in [0.5, 0.6) is 0 Å². The summed E-state index contributed by atoms with van der Waals surface area (Å²) >= 11 is 0. The number of nitrogens with two attached hydrogens (primary N) is 1. The first-order chi connectivity index (χ1) is 11.9. The molecule has 5 heteroatoms.